The second-order valence-electron chi connectivity index (χ2n) is 4.03. The lowest BCUT2D eigenvalue weighted by Crippen LogP contribution is -2.15. The Labute approximate surface area is 123 Å². The molecular formula is C14H12BrFN2O2. The second-order valence-corrected chi connectivity index (χ2v) is 4.95. The number of nitrogens with one attached hydrogen (secondary N) is 1. The van der Waals surface area contributed by atoms with E-state index in [1.165, 1.54) is 19.2 Å². The van der Waals surface area contributed by atoms with Gasteiger partial charge in [-0.15, -0.1) is 0 Å². The molecule has 3 N–H and O–H groups in total. The van der Waals surface area contributed by atoms with Crippen LogP contribution in [-0.2, 0) is 0 Å². The first-order chi connectivity index (χ1) is 9.51. The van der Waals surface area contributed by atoms with E-state index in [0.29, 0.717) is 11.4 Å². The molecule has 0 saturated heterocycles. The van der Waals surface area contributed by atoms with Gasteiger partial charge in [-0.25, -0.2) is 4.39 Å². The van der Waals surface area contributed by atoms with E-state index >= 15 is 0 Å². The molecule has 0 fully saturated rings. The van der Waals surface area contributed by atoms with Crippen LogP contribution in [0.15, 0.2) is 40.9 Å². The fourth-order valence-electron chi connectivity index (χ4n) is 1.69. The first-order valence-corrected chi connectivity index (χ1v) is 6.50. The number of hydrogen-bond acceptors (Lipinski definition) is 3. The highest BCUT2D eigenvalue weighted by Crippen LogP contribution is 2.28. The van der Waals surface area contributed by atoms with E-state index in [0.717, 1.165) is 10.5 Å². The van der Waals surface area contributed by atoms with Gasteiger partial charge in [0.2, 0.25) is 0 Å². The summed E-state index contributed by atoms with van der Waals surface area (Å²) in [6.07, 6.45) is 0. The van der Waals surface area contributed by atoms with Crippen LogP contribution in [-0.4, -0.2) is 13.0 Å². The molecule has 2 aromatic carbocycles. The molecule has 0 heterocycles. The van der Waals surface area contributed by atoms with Crippen molar-refractivity contribution in [1.29, 1.82) is 0 Å². The van der Waals surface area contributed by atoms with E-state index in [4.69, 9.17) is 10.5 Å². The highest BCUT2D eigenvalue weighted by atomic mass is 79.9. The maximum atomic E-state index is 13.2. The van der Waals surface area contributed by atoms with Crippen LogP contribution in [0.5, 0.6) is 5.75 Å². The molecule has 0 unspecified atom stereocenters. The zero-order valence-electron chi connectivity index (χ0n) is 10.6. The van der Waals surface area contributed by atoms with E-state index in [9.17, 15) is 9.18 Å². The number of benzene rings is 2. The fourth-order valence-corrected chi connectivity index (χ4v) is 2.05. The van der Waals surface area contributed by atoms with E-state index in [2.05, 4.69) is 21.2 Å². The van der Waals surface area contributed by atoms with Gasteiger partial charge in [-0.3, -0.25) is 4.79 Å². The number of hydrogen-bond donors (Lipinski definition) is 2. The van der Waals surface area contributed by atoms with Crippen molar-refractivity contribution in [3.63, 3.8) is 0 Å². The molecule has 0 aliphatic carbocycles. The molecule has 0 radical (unpaired) electrons. The molecule has 0 bridgehead atoms. The van der Waals surface area contributed by atoms with Crippen LogP contribution >= 0.6 is 15.9 Å². The van der Waals surface area contributed by atoms with E-state index in [1.807, 2.05) is 0 Å². The summed E-state index contributed by atoms with van der Waals surface area (Å²) in [7, 11) is 1.50. The summed E-state index contributed by atoms with van der Waals surface area (Å²) in [5.41, 5.74) is 6.43. The molecule has 0 aliphatic rings. The highest BCUT2D eigenvalue weighted by Gasteiger charge is 2.13. The van der Waals surface area contributed by atoms with Gasteiger partial charge in [-0.1, -0.05) is 15.9 Å². The molecule has 104 valence electrons. The molecule has 4 nitrogen and oxygen atoms in total. The van der Waals surface area contributed by atoms with Crippen molar-refractivity contribution in [3.05, 3.63) is 52.3 Å². The van der Waals surface area contributed by atoms with E-state index in [-0.39, 0.29) is 11.3 Å². The van der Waals surface area contributed by atoms with Gasteiger partial charge in [0.1, 0.15) is 11.6 Å². The number of methoxy groups -OCH3 is 1. The minimum Gasteiger partial charge on any atom is -0.495 e. The van der Waals surface area contributed by atoms with Crippen molar-refractivity contribution < 1.29 is 13.9 Å². The Kier molecular flexibility index (Phi) is 4.24. The maximum Gasteiger partial charge on any atom is 0.257 e. The van der Waals surface area contributed by atoms with Gasteiger partial charge in [0.05, 0.1) is 18.4 Å². The average molecular weight is 339 g/mol. The summed E-state index contributed by atoms with van der Waals surface area (Å²) in [6, 6.07) is 8.81. The third kappa shape index (κ3) is 3.08. The molecule has 2 rings (SSSR count). The summed E-state index contributed by atoms with van der Waals surface area (Å²) in [6.45, 7) is 0. The van der Waals surface area contributed by atoms with E-state index in [1.54, 1.807) is 18.2 Å². The monoisotopic (exact) mass is 338 g/mol. The van der Waals surface area contributed by atoms with Crippen molar-refractivity contribution in [1.82, 2.24) is 0 Å². The topological polar surface area (TPSA) is 64.3 Å². The van der Waals surface area contributed by atoms with Crippen LogP contribution in [0, 0.1) is 5.82 Å². The molecule has 0 aliphatic heterocycles. The van der Waals surface area contributed by atoms with Gasteiger partial charge in [0.25, 0.3) is 5.91 Å². The number of carbonyl (C=O) groups is 1. The predicted octanol–water partition coefficient (Wildman–Crippen LogP) is 3.43. The molecule has 20 heavy (non-hydrogen) atoms. The number of ether oxygens (including phenoxy) is 1. The smallest absolute Gasteiger partial charge is 0.257 e. The summed E-state index contributed by atoms with van der Waals surface area (Å²) >= 11 is 3.31. The molecule has 0 spiro atoms. The minimum atomic E-state index is -0.523. The summed E-state index contributed by atoms with van der Waals surface area (Å²) in [4.78, 5) is 12.1. The second kappa shape index (κ2) is 5.92. The maximum absolute atomic E-state index is 13.2. The molecule has 2 aromatic rings. The van der Waals surface area contributed by atoms with Crippen molar-refractivity contribution in [3.8, 4) is 5.75 Å². The molecule has 6 heteroatoms. The van der Waals surface area contributed by atoms with Crippen LogP contribution in [0.4, 0.5) is 15.8 Å². The lowest BCUT2D eigenvalue weighted by atomic mass is 10.1. The Morgan fingerprint density at radius 1 is 1.30 bits per heavy atom. The molecule has 0 saturated carbocycles. The normalized spacial score (nSPS) is 10.2. The molecule has 1 amide bonds. The summed E-state index contributed by atoms with van der Waals surface area (Å²) in [5.74, 6) is -0.527. The standard InChI is InChI=1S/C14H12BrFN2O2/c1-20-13-5-2-8(15)6-12(13)18-14(19)10-7-9(16)3-4-11(10)17/h2-7H,17H2,1H3,(H,18,19). The van der Waals surface area contributed by atoms with Crippen LogP contribution in [0.25, 0.3) is 0 Å². The number of carbonyl (C=O) groups excluding carboxylic acids is 1. The average Bonchev–Trinajstić information content (AvgIpc) is 2.41. The Bertz CT molecular complexity index is 662. The lowest BCUT2D eigenvalue weighted by molar-refractivity contribution is 0.102. The first-order valence-electron chi connectivity index (χ1n) is 5.71. The number of anilines is 2. The Hall–Kier alpha value is -2.08. The van der Waals surface area contributed by atoms with Crippen LogP contribution in [0.3, 0.4) is 0 Å². The Morgan fingerprint density at radius 3 is 2.75 bits per heavy atom. The van der Waals surface area contributed by atoms with Gasteiger partial charge in [0.15, 0.2) is 0 Å². The van der Waals surface area contributed by atoms with Gasteiger partial charge >= 0.3 is 0 Å². The van der Waals surface area contributed by atoms with Crippen LogP contribution < -0.4 is 15.8 Å². The Morgan fingerprint density at radius 2 is 2.05 bits per heavy atom. The lowest BCUT2D eigenvalue weighted by Gasteiger charge is -2.11. The Balaban J connectivity index is 2.32. The van der Waals surface area contributed by atoms with Crippen LogP contribution in [0.2, 0.25) is 0 Å². The number of amides is 1. The third-order valence-electron chi connectivity index (χ3n) is 2.67. The predicted molar refractivity (Wildman–Crippen MR) is 79.5 cm³/mol. The molecule has 0 atom stereocenters. The SMILES string of the molecule is COc1ccc(Br)cc1NC(=O)c1cc(F)ccc1N. The molecular weight excluding hydrogens is 327 g/mol. The highest BCUT2D eigenvalue weighted by molar-refractivity contribution is 9.10. The fraction of sp³-hybridized carbons (Fsp3) is 0.0714. The zero-order valence-corrected chi connectivity index (χ0v) is 12.2. The summed E-state index contributed by atoms with van der Waals surface area (Å²) < 4.78 is 19.1. The van der Waals surface area contributed by atoms with Gasteiger partial charge < -0.3 is 15.8 Å². The minimum absolute atomic E-state index is 0.0760. The van der Waals surface area contributed by atoms with Crippen molar-refractivity contribution in [2.75, 3.05) is 18.2 Å². The molecule has 0 aromatic heterocycles. The summed E-state index contributed by atoms with van der Waals surface area (Å²) in [5, 5.41) is 2.65. The number of rotatable bonds is 3. The first kappa shape index (κ1) is 14.3. The van der Waals surface area contributed by atoms with Gasteiger partial charge in [-0.2, -0.15) is 0 Å². The van der Waals surface area contributed by atoms with Crippen molar-refractivity contribution >= 4 is 33.2 Å². The van der Waals surface area contributed by atoms with E-state index < -0.39 is 11.7 Å². The van der Waals surface area contributed by atoms with Crippen molar-refractivity contribution in [2.45, 2.75) is 0 Å². The third-order valence-corrected chi connectivity index (χ3v) is 3.16. The van der Waals surface area contributed by atoms with Gasteiger partial charge in [0, 0.05) is 10.2 Å². The quantitative estimate of drug-likeness (QED) is 0.842. The van der Waals surface area contributed by atoms with Crippen molar-refractivity contribution in [2.24, 2.45) is 0 Å². The van der Waals surface area contributed by atoms with Crippen LogP contribution in [0.1, 0.15) is 10.4 Å². The largest absolute Gasteiger partial charge is 0.495 e. The number of nitrogens with two attached hydrogens (primary N) is 1. The number of halogens is 2. The zero-order chi connectivity index (χ0) is 14.7. The van der Waals surface area contributed by atoms with Gasteiger partial charge in [-0.05, 0) is 36.4 Å². The number of nitrogen functional groups attached to an aromatic ring is 1.